The highest BCUT2D eigenvalue weighted by molar-refractivity contribution is 14.0. The van der Waals surface area contributed by atoms with E-state index in [9.17, 15) is 0 Å². The van der Waals surface area contributed by atoms with Crippen molar-refractivity contribution in [3.8, 4) is 0 Å². The Morgan fingerprint density at radius 2 is 2.04 bits per heavy atom. The normalized spacial score (nSPS) is 11.3. The predicted octanol–water partition coefficient (Wildman–Crippen LogP) is 3.87. The molecule has 26 heavy (non-hydrogen) atoms. The summed E-state index contributed by atoms with van der Waals surface area (Å²) in [6.07, 6.45) is 5.00. The lowest BCUT2D eigenvalue weighted by Gasteiger charge is -2.12. The van der Waals surface area contributed by atoms with E-state index in [4.69, 9.17) is 4.52 Å². The quantitative estimate of drug-likeness (QED) is 0.241. The molecule has 0 unspecified atom stereocenters. The van der Waals surface area contributed by atoms with Crippen LogP contribution in [0, 0.1) is 6.92 Å². The molecule has 0 fully saturated rings. The fourth-order valence-electron chi connectivity index (χ4n) is 2.66. The van der Waals surface area contributed by atoms with E-state index in [1.54, 1.807) is 18.4 Å². The number of hydrogen-bond acceptors (Lipinski definition) is 5. The Morgan fingerprint density at radius 1 is 1.23 bits per heavy atom. The van der Waals surface area contributed by atoms with Gasteiger partial charge in [0.15, 0.2) is 5.96 Å². The van der Waals surface area contributed by atoms with Crippen molar-refractivity contribution in [2.24, 2.45) is 4.99 Å². The van der Waals surface area contributed by atoms with Crippen molar-refractivity contribution in [3.05, 3.63) is 33.1 Å². The van der Waals surface area contributed by atoms with Crippen LogP contribution in [-0.4, -0.2) is 29.7 Å². The number of nitrogens with zero attached hydrogens (tertiary/aromatic N) is 3. The van der Waals surface area contributed by atoms with Crippen LogP contribution >= 0.6 is 35.3 Å². The third-order valence-electron chi connectivity index (χ3n) is 4.04. The number of guanidine groups is 1. The van der Waals surface area contributed by atoms with Crippen LogP contribution in [0.1, 0.15) is 54.4 Å². The number of hydrogen-bond donors (Lipinski definition) is 2. The first-order chi connectivity index (χ1) is 12.2. The third kappa shape index (κ3) is 6.86. The van der Waals surface area contributed by atoms with Crippen LogP contribution in [0.2, 0.25) is 0 Å². The molecule has 0 atom stereocenters. The molecule has 2 aromatic rings. The molecule has 2 N–H and O–H groups in total. The van der Waals surface area contributed by atoms with Crippen molar-refractivity contribution in [3.63, 3.8) is 0 Å². The number of unbranched alkanes of at least 4 members (excludes halogenated alkanes) is 1. The largest absolute Gasteiger partial charge is 0.361 e. The van der Waals surface area contributed by atoms with Crippen LogP contribution in [0.5, 0.6) is 0 Å². The van der Waals surface area contributed by atoms with Crippen molar-refractivity contribution in [2.45, 2.75) is 59.4 Å². The van der Waals surface area contributed by atoms with E-state index in [2.05, 4.69) is 45.0 Å². The molecule has 0 amide bonds. The Hall–Kier alpha value is -1.16. The van der Waals surface area contributed by atoms with Gasteiger partial charge in [0.2, 0.25) is 0 Å². The Labute approximate surface area is 177 Å². The van der Waals surface area contributed by atoms with Gasteiger partial charge in [-0.1, -0.05) is 19.0 Å². The Morgan fingerprint density at radius 3 is 2.65 bits per heavy atom. The van der Waals surface area contributed by atoms with Crippen LogP contribution < -0.4 is 10.6 Å². The highest BCUT2D eigenvalue weighted by atomic mass is 127. The summed E-state index contributed by atoms with van der Waals surface area (Å²) in [6.45, 7) is 7.81. The number of halogens is 1. The smallest absolute Gasteiger partial charge is 0.191 e. The lowest BCUT2D eigenvalue weighted by molar-refractivity contribution is 0.380. The van der Waals surface area contributed by atoms with Gasteiger partial charge in [0.25, 0.3) is 0 Å². The molecule has 0 saturated carbocycles. The SMILES string of the molecule is CCc1noc(CC)c1CNC(=NC)NCCCCc1nc(C)cs1.I. The first kappa shape index (κ1) is 22.9. The molecule has 0 aromatic carbocycles. The van der Waals surface area contributed by atoms with Gasteiger partial charge in [-0.3, -0.25) is 4.99 Å². The van der Waals surface area contributed by atoms with Gasteiger partial charge in [-0.25, -0.2) is 4.98 Å². The zero-order chi connectivity index (χ0) is 18.1. The molecule has 6 nitrogen and oxygen atoms in total. The molecule has 0 radical (unpaired) electrons. The maximum absolute atomic E-state index is 5.40. The van der Waals surface area contributed by atoms with Crippen LogP contribution in [0.4, 0.5) is 0 Å². The van der Waals surface area contributed by atoms with Crippen LogP contribution in [-0.2, 0) is 25.8 Å². The maximum Gasteiger partial charge on any atom is 0.191 e. The highest BCUT2D eigenvalue weighted by Gasteiger charge is 2.13. The molecular formula is C18H30IN5OS. The molecule has 0 aliphatic rings. The molecule has 2 rings (SSSR count). The fourth-order valence-corrected chi connectivity index (χ4v) is 3.47. The van der Waals surface area contributed by atoms with Crippen LogP contribution in [0.3, 0.4) is 0 Å². The number of rotatable bonds is 9. The number of thiazole rings is 1. The Kier molecular flexibility index (Phi) is 10.8. The van der Waals surface area contributed by atoms with Crippen molar-refractivity contribution >= 4 is 41.3 Å². The van der Waals surface area contributed by atoms with E-state index in [0.29, 0.717) is 6.54 Å². The summed E-state index contributed by atoms with van der Waals surface area (Å²) in [7, 11) is 1.79. The van der Waals surface area contributed by atoms with Gasteiger partial charge >= 0.3 is 0 Å². The Balaban J connectivity index is 0.00000338. The minimum Gasteiger partial charge on any atom is -0.361 e. The molecule has 2 heterocycles. The van der Waals surface area contributed by atoms with Crippen molar-refractivity contribution in [1.29, 1.82) is 0 Å². The van der Waals surface area contributed by atoms with Crippen LogP contribution in [0.15, 0.2) is 14.9 Å². The summed E-state index contributed by atoms with van der Waals surface area (Å²) in [4.78, 5) is 8.79. The number of aliphatic imine (C=N–C) groups is 1. The zero-order valence-electron chi connectivity index (χ0n) is 16.1. The van der Waals surface area contributed by atoms with E-state index in [1.807, 2.05) is 6.92 Å². The molecule has 146 valence electrons. The summed E-state index contributed by atoms with van der Waals surface area (Å²) in [5, 5.41) is 14.2. The average Bonchev–Trinajstić information content (AvgIpc) is 3.22. The van der Waals surface area contributed by atoms with Gasteiger partial charge in [0.05, 0.1) is 10.7 Å². The molecule has 2 aromatic heterocycles. The molecule has 0 aliphatic heterocycles. The lowest BCUT2D eigenvalue weighted by atomic mass is 10.1. The van der Waals surface area contributed by atoms with E-state index in [0.717, 1.165) is 67.3 Å². The van der Waals surface area contributed by atoms with Gasteiger partial charge in [-0.15, -0.1) is 35.3 Å². The highest BCUT2D eigenvalue weighted by Crippen LogP contribution is 2.15. The lowest BCUT2D eigenvalue weighted by Crippen LogP contribution is -2.37. The number of nitrogens with one attached hydrogen (secondary N) is 2. The summed E-state index contributed by atoms with van der Waals surface area (Å²) in [6, 6.07) is 0. The summed E-state index contributed by atoms with van der Waals surface area (Å²) in [5.41, 5.74) is 3.31. The number of aromatic nitrogens is 2. The zero-order valence-corrected chi connectivity index (χ0v) is 19.2. The number of aryl methyl sites for hydroxylation is 4. The van der Waals surface area contributed by atoms with E-state index in [-0.39, 0.29) is 24.0 Å². The molecule has 0 bridgehead atoms. The average molecular weight is 491 g/mol. The molecule has 0 saturated heterocycles. The maximum atomic E-state index is 5.40. The monoisotopic (exact) mass is 491 g/mol. The van der Waals surface area contributed by atoms with Crippen LogP contribution in [0.25, 0.3) is 0 Å². The predicted molar refractivity (Wildman–Crippen MR) is 119 cm³/mol. The minimum atomic E-state index is 0. The van der Waals surface area contributed by atoms with E-state index in [1.165, 1.54) is 5.01 Å². The second-order valence-corrected chi connectivity index (χ2v) is 6.87. The first-order valence-corrected chi connectivity index (χ1v) is 9.87. The van der Waals surface area contributed by atoms with Gasteiger partial charge in [0, 0.05) is 43.2 Å². The van der Waals surface area contributed by atoms with Gasteiger partial charge in [-0.2, -0.15) is 0 Å². The molecular weight excluding hydrogens is 461 g/mol. The van der Waals surface area contributed by atoms with E-state index < -0.39 is 0 Å². The van der Waals surface area contributed by atoms with Crippen molar-refractivity contribution < 1.29 is 4.52 Å². The fraction of sp³-hybridized carbons (Fsp3) is 0.611. The molecule has 0 aliphatic carbocycles. The summed E-state index contributed by atoms with van der Waals surface area (Å²) < 4.78 is 5.40. The molecule has 8 heteroatoms. The standard InChI is InChI=1S/C18H29N5OS.HI/c1-5-15-14(16(6-2)24-23-15)11-21-18(19-4)20-10-8-7-9-17-22-13(3)12-25-17;/h12H,5-11H2,1-4H3,(H2,19,20,21);1H. The van der Waals surface area contributed by atoms with Gasteiger partial charge < -0.3 is 15.2 Å². The Bertz CT molecular complexity index is 661. The summed E-state index contributed by atoms with van der Waals surface area (Å²) in [5.74, 6) is 1.77. The topological polar surface area (TPSA) is 75.3 Å². The third-order valence-corrected chi connectivity index (χ3v) is 5.07. The molecule has 0 spiro atoms. The van der Waals surface area contributed by atoms with Gasteiger partial charge in [0.1, 0.15) is 5.76 Å². The minimum absolute atomic E-state index is 0. The summed E-state index contributed by atoms with van der Waals surface area (Å²) >= 11 is 1.75. The van der Waals surface area contributed by atoms with E-state index >= 15 is 0 Å². The van der Waals surface area contributed by atoms with Gasteiger partial charge in [-0.05, 0) is 32.6 Å². The second-order valence-electron chi connectivity index (χ2n) is 5.93. The van der Waals surface area contributed by atoms with Crippen molar-refractivity contribution in [2.75, 3.05) is 13.6 Å². The second kappa shape index (κ2) is 12.3. The van der Waals surface area contributed by atoms with Crippen molar-refractivity contribution in [1.82, 2.24) is 20.8 Å². The first-order valence-electron chi connectivity index (χ1n) is 8.99.